The minimum atomic E-state index is -1.46. The molecule has 0 saturated heterocycles. The van der Waals surface area contributed by atoms with Crippen molar-refractivity contribution in [1.29, 1.82) is 0 Å². The summed E-state index contributed by atoms with van der Waals surface area (Å²) in [6.07, 6.45) is -1.06. The highest BCUT2D eigenvalue weighted by molar-refractivity contribution is 6.61. The van der Waals surface area contributed by atoms with Crippen LogP contribution < -0.4 is 5.32 Å². The number of carbonyl (C=O) groups excluding carboxylic acids is 3. The number of nitrogens with zero attached hydrogens (tertiary/aromatic N) is 2. The van der Waals surface area contributed by atoms with E-state index < -0.39 is 40.0 Å². The number of nitro groups is 2. The number of carbonyl (C=O) groups is 3. The Labute approximate surface area is 190 Å². The van der Waals surface area contributed by atoms with Gasteiger partial charge in [0.05, 0.1) is 9.85 Å². The topological polar surface area (TPSA) is 177 Å². The standard InChI is InChI=1S/C19H16ClN3O10/c20-18(25)32-11-16(17(24)31-9-12-1-5-14(6-2-12)22(27)28)21-19(26)33-10-13-3-7-15(8-4-13)23(29)30/h1-8,16H,9-11H2,(H,21,26)/t16-/m0/s1. The highest BCUT2D eigenvalue weighted by atomic mass is 35.5. The van der Waals surface area contributed by atoms with Crippen LogP contribution in [0.25, 0.3) is 0 Å². The van der Waals surface area contributed by atoms with Crippen LogP contribution >= 0.6 is 11.6 Å². The first kappa shape index (κ1) is 25.0. The van der Waals surface area contributed by atoms with Gasteiger partial charge in [0.25, 0.3) is 11.4 Å². The first-order valence-electron chi connectivity index (χ1n) is 9.04. The molecule has 174 valence electrons. The van der Waals surface area contributed by atoms with E-state index in [9.17, 15) is 34.6 Å². The minimum absolute atomic E-state index is 0.137. The number of benzene rings is 2. The molecule has 1 atom stereocenters. The van der Waals surface area contributed by atoms with Crippen molar-refractivity contribution in [3.05, 3.63) is 79.9 Å². The zero-order valence-electron chi connectivity index (χ0n) is 16.7. The van der Waals surface area contributed by atoms with E-state index in [-0.39, 0.29) is 24.6 Å². The molecule has 1 amide bonds. The Kier molecular flexibility index (Phi) is 9.06. The molecule has 2 rings (SSSR count). The average molecular weight is 482 g/mol. The predicted molar refractivity (Wildman–Crippen MR) is 110 cm³/mol. The zero-order valence-corrected chi connectivity index (χ0v) is 17.4. The van der Waals surface area contributed by atoms with Crippen molar-refractivity contribution < 1.29 is 38.4 Å². The van der Waals surface area contributed by atoms with Crippen LogP contribution in [0.5, 0.6) is 0 Å². The number of hydrogen-bond acceptors (Lipinski definition) is 10. The molecule has 0 aliphatic carbocycles. The zero-order chi connectivity index (χ0) is 24.4. The number of alkyl carbamates (subject to hydrolysis) is 1. The molecule has 0 radical (unpaired) electrons. The Balaban J connectivity index is 1.92. The minimum Gasteiger partial charge on any atom is -0.459 e. The fourth-order valence-electron chi connectivity index (χ4n) is 2.33. The van der Waals surface area contributed by atoms with Gasteiger partial charge in [-0.25, -0.2) is 14.4 Å². The quantitative estimate of drug-likeness (QED) is 0.174. The summed E-state index contributed by atoms with van der Waals surface area (Å²) in [7, 11) is 0. The van der Waals surface area contributed by atoms with Gasteiger partial charge >= 0.3 is 17.5 Å². The van der Waals surface area contributed by atoms with Crippen LogP contribution in [0.15, 0.2) is 48.5 Å². The Morgan fingerprint density at radius 1 is 0.818 bits per heavy atom. The Morgan fingerprint density at radius 2 is 1.27 bits per heavy atom. The summed E-state index contributed by atoms with van der Waals surface area (Å²) in [6.45, 7) is -1.18. The molecule has 0 saturated carbocycles. The maximum Gasteiger partial charge on any atom is 0.408 e. The van der Waals surface area contributed by atoms with Crippen molar-refractivity contribution in [2.75, 3.05) is 6.61 Å². The van der Waals surface area contributed by atoms with Gasteiger partial charge < -0.3 is 19.5 Å². The van der Waals surface area contributed by atoms with E-state index >= 15 is 0 Å². The number of rotatable bonds is 10. The average Bonchev–Trinajstić information content (AvgIpc) is 2.79. The van der Waals surface area contributed by atoms with Crippen molar-refractivity contribution in [3.8, 4) is 0 Å². The van der Waals surface area contributed by atoms with Crippen LogP contribution in [0, 0.1) is 20.2 Å². The molecule has 13 nitrogen and oxygen atoms in total. The van der Waals surface area contributed by atoms with Gasteiger partial charge in [0.1, 0.15) is 19.8 Å². The third kappa shape index (κ3) is 8.41. The van der Waals surface area contributed by atoms with Gasteiger partial charge in [-0.05, 0) is 35.4 Å². The lowest BCUT2D eigenvalue weighted by molar-refractivity contribution is -0.385. The van der Waals surface area contributed by atoms with Crippen LogP contribution in [0.3, 0.4) is 0 Å². The third-order valence-corrected chi connectivity index (χ3v) is 4.09. The number of nitrogens with one attached hydrogen (secondary N) is 1. The van der Waals surface area contributed by atoms with E-state index in [0.29, 0.717) is 11.1 Å². The highest BCUT2D eigenvalue weighted by Crippen LogP contribution is 2.14. The van der Waals surface area contributed by atoms with Crippen LogP contribution in [0.2, 0.25) is 0 Å². The lowest BCUT2D eigenvalue weighted by atomic mass is 10.2. The van der Waals surface area contributed by atoms with Crippen LogP contribution in [-0.2, 0) is 32.2 Å². The Morgan fingerprint density at radius 3 is 1.70 bits per heavy atom. The van der Waals surface area contributed by atoms with Crippen LogP contribution in [0.4, 0.5) is 21.0 Å². The summed E-state index contributed by atoms with van der Waals surface area (Å²) in [5.41, 5.74) is -0.622. The van der Waals surface area contributed by atoms with E-state index in [4.69, 9.17) is 21.1 Å². The second-order valence-corrected chi connectivity index (χ2v) is 6.59. The summed E-state index contributed by atoms with van der Waals surface area (Å²) in [6, 6.07) is 8.98. The van der Waals surface area contributed by atoms with E-state index in [1.54, 1.807) is 0 Å². The smallest absolute Gasteiger partial charge is 0.408 e. The molecule has 1 N–H and O–H groups in total. The van der Waals surface area contributed by atoms with Gasteiger partial charge in [-0.1, -0.05) is 0 Å². The molecule has 0 unspecified atom stereocenters. The van der Waals surface area contributed by atoms with Crippen molar-refractivity contribution in [2.45, 2.75) is 19.3 Å². The molecule has 0 aliphatic heterocycles. The molecule has 14 heteroatoms. The van der Waals surface area contributed by atoms with Crippen LogP contribution in [-0.4, -0.2) is 40.0 Å². The molecule has 33 heavy (non-hydrogen) atoms. The van der Waals surface area contributed by atoms with Gasteiger partial charge in [0.15, 0.2) is 6.04 Å². The lowest BCUT2D eigenvalue weighted by Crippen LogP contribution is -2.45. The first-order chi connectivity index (χ1) is 15.7. The first-order valence-corrected chi connectivity index (χ1v) is 9.42. The molecular formula is C19H16ClN3O10. The molecule has 0 fully saturated rings. The van der Waals surface area contributed by atoms with Gasteiger partial charge in [-0.15, -0.1) is 0 Å². The Hall–Kier alpha value is -4.26. The van der Waals surface area contributed by atoms with Crippen molar-refractivity contribution >= 4 is 40.5 Å². The Bertz CT molecular complexity index is 1030. The number of nitro benzene ring substituents is 2. The molecular weight excluding hydrogens is 466 g/mol. The van der Waals surface area contributed by atoms with Crippen LogP contribution in [0.1, 0.15) is 11.1 Å². The molecule has 2 aromatic carbocycles. The number of hydrogen-bond donors (Lipinski definition) is 1. The summed E-state index contributed by atoms with van der Waals surface area (Å²) in [4.78, 5) is 55.4. The molecule has 0 heterocycles. The molecule has 0 spiro atoms. The summed E-state index contributed by atoms with van der Waals surface area (Å²) in [5.74, 6) is -0.987. The van der Waals surface area contributed by atoms with Gasteiger partial charge in [-0.2, -0.15) is 0 Å². The fraction of sp³-hybridized carbons (Fsp3) is 0.211. The lowest BCUT2D eigenvalue weighted by Gasteiger charge is -2.17. The highest BCUT2D eigenvalue weighted by Gasteiger charge is 2.25. The summed E-state index contributed by atoms with van der Waals surface area (Å²) in [5, 5.41) is 23.5. The molecule has 2 aromatic rings. The number of ether oxygens (including phenoxy) is 3. The molecule has 0 aliphatic rings. The number of non-ortho nitro benzene ring substituents is 2. The fourth-order valence-corrected chi connectivity index (χ4v) is 2.40. The summed E-state index contributed by atoms with van der Waals surface area (Å²) < 4.78 is 14.5. The van der Waals surface area contributed by atoms with E-state index in [1.807, 2.05) is 0 Å². The largest absolute Gasteiger partial charge is 0.459 e. The van der Waals surface area contributed by atoms with E-state index in [2.05, 4.69) is 10.1 Å². The number of esters is 1. The van der Waals surface area contributed by atoms with E-state index in [0.717, 1.165) is 0 Å². The van der Waals surface area contributed by atoms with Gasteiger partial charge in [-0.3, -0.25) is 20.2 Å². The monoisotopic (exact) mass is 481 g/mol. The van der Waals surface area contributed by atoms with Gasteiger partial charge in [0.2, 0.25) is 0 Å². The maximum absolute atomic E-state index is 12.3. The van der Waals surface area contributed by atoms with Gasteiger partial charge in [0, 0.05) is 35.9 Å². The van der Waals surface area contributed by atoms with Crippen molar-refractivity contribution in [3.63, 3.8) is 0 Å². The normalized spacial score (nSPS) is 11.1. The summed E-state index contributed by atoms with van der Waals surface area (Å²) >= 11 is 5.09. The van der Waals surface area contributed by atoms with Crippen molar-refractivity contribution in [2.24, 2.45) is 0 Å². The molecule has 0 aromatic heterocycles. The third-order valence-electron chi connectivity index (χ3n) is 3.99. The predicted octanol–water partition coefficient (Wildman–Crippen LogP) is 3.22. The van der Waals surface area contributed by atoms with Crippen molar-refractivity contribution in [1.82, 2.24) is 5.32 Å². The number of amides is 1. The second-order valence-electron chi connectivity index (χ2n) is 6.28. The SMILES string of the molecule is O=C(Cl)OC[C@H](NC(=O)OCc1ccc([N+](=O)[O-])cc1)C(=O)OCc1ccc([N+](=O)[O-])cc1. The number of halogens is 1. The molecule has 0 bridgehead atoms. The van der Waals surface area contributed by atoms with E-state index in [1.165, 1.54) is 48.5 Å². The maximum atomic E-state index is 12.3. The second kappa shape index (κ2) is 12.0.